The number of hydrogen-bond acceptors (Lipinski definition) is 5. The minimum absolute atomic E-state index is 0.0254. The SMILES string of the molecule is COc1cc(CC(=O)Nc2csc(-c3cccnc3)c2)c(Br)cc1O. The Labute approximate surface area is 157 Å². The van der Waals surface area contributed by atoms with Crippen molar-refractivity contribution in [3.8, 4) is 21.9 Å². The van der Waals surface area contributed by atoms with E-state index in [4.69, 9.17) is 4.74 Å². The van der Waals surface area contributed by atoms with E-state index >= 15 is 0 Å². The summed E-state index contributed by atoms with van der Waals surface area (Å²) in [6, 6.07) is 8.94. The molecule has 2 aromatic heterocycles. The molecule has 5 nitrogen and oxygen atoms in total. The lowest BCUT2D eigenvalue weighted by Gasteiger charge is -2.09. The Morgan fingerprint density at radius 2 is 2.24 bits per heavy atom. The van der Waals surface area contributed by atoms with Crippen molar-refractivity contribution in [3.05, 3.63) is 58.1 Å². The van der Waals surface area contributed by atoms with E-state index in [1.165, 1.54) is 13.2 Å². The Morgan fingerprint density at radius 1 is 1.40 bits per heavy atom. The summed E-state index contributed by atoms with van der Waals surface area (Å²) in [5.74, 6) is 0.210. The molecule has 0 atom stereocenters. The summed E-state index contributed by atoms with van der Waals surface area (Å²) in [5.41, 5.74) is 2.49. The van der Waals surface area contributed by atoms with E-state index in [0.717, 1.165) is 21.7 Å². The van der Waals surface area contributed by atoms with Gasteiger partial charge in [-0.05, 0) is 29.8 Å². The van der Waals surface area contributed by atoms with Gasteiger partial charge in [0.05, 0.1) is 19.2 Å². The number of thiophene rings is 1. The van der Waals surface area contributed by atoms with Crippen LogP contribution in [0, 0.1) is 0 Å². The van der Waals surface area contributed by atoms with Crippen molar-refractivity contribution in [1.82, 2.24) is 4.98 Å². The maximum absolute atomic E-state index is 12.3. The number of ether oxygens (including phenoxy) is 1. The third-order valence-corrected chi connectivity index (χ3v) is 5.25. The van der Waals surface area contributed by atoms with Crippen LogP contribution in [0.1, 0.15) is 5.56 Å². The lowest BCUT2D eigenvalue weighted by molar-refractivity contribution is -0.115. The van der Waals surface area contributed by atoms with Crippen molar-refractivity contribution in [3.63, 3.8) is 0 Å². The summed E-state index contributed by atoms with van der Waals surface area (Å²) >= 11 is 4.90. The number of rotatable bonds is 5. The molecule has 0 radical (unpaired) electrons. The number of hydrogen-bond donors (Lipinski definition) is 2. The summed E-state index contributed by atoms with van der Waals surface area (Å²) < 4.78 is 5.74. The van der Waals surface area contributed by atoms with Crippen LogP contribution in [0.25, 0.3) is 10.4 Å². The number of nitrogens with zero attached hydrogens (tertiary/aromatic N) is 1. The fourth-order valence-corrected chi connectivity index (χ4v) is 3.63. The fraction of sp³-hybridized carbons (Fsp3) is 0.111. The van der Waals surface area contributed by atoms with Gasteiger partial charge >= 0.3 is 0 Å². The highest BCUT2D eigenvalue weighted by atomic mass is 79.9. The molecule has 7 heteroatoms. The molecule has 3 rings (SSSR count). The summed E-state index contributed by atoms with van der Waals surface area (Å²) in [4.78, 5) is 17.5. The summed E-state index contributed by atoms with van der Waals surface area (Å²) in [6.07, 6.45) is 3.68. The Hall–Kier alpha value is -2.38. The molecule has 0 bridgehead atoms. The second-order valence-electron chi connectivity index (χ2n) is 5.28. The zero-order valence-corrected chi connectivity index (χ0v) is 15.7. The fourth-order valence-electron chi connectivity index (χ4n) is 2.32. The third-order valence-electron chi connectivity index (χ3n) is 3.53. The topological polar surface area (TPSA) is 71.5 Å². The van der Waals surface area contributed by atoms with E-state index in [1.54, 1.807) is 29.8 Å². The number of benzene rings is 1. The van der Waals surface area contributed by atoms with Gasteiger partial charge in [0.1, 0.15) is 0 Å². The smallest absolute Gasteiger partial charge is 0.228 e. The van der Waals surface area contributed by atoms with E-state index < -0.39 is 0 Å². The van der Waals surface area contributed by atoms with Crippen LogP contribution >= 0.6 is 27.3 Å². The van der Waals surface area contributed by atoms with Gasteiger partial charge in [0.25, 0.3) is 0 Å². The molecule has 25 heavy (non-hydrogen) atoms. The first-order valence-electron chi connectivity index (χ1n) is 7.41. The van der Waals surface area contributed by atoms with Crippen molar-refractivity contribution in [2.75, 3.05) is 12.4 Å². The molecule has 0 aliphatic rings. The molecule has 3 aromatic rings. The van der Waals surface area contributed by atoms with Crippen LogP contribution < -0.4 is 10.1 Å². The van der Waals surface area contributed by atoms with Crippen molar-refractivity contribution in [2.45, 2.75) is 6.42 Å². The van der Waals surface area contributed by atoms with Crippen molar-refractivity contribution in [1.29, 1.82) is 0 Å². The Kier molecular flexibility index (Phi) is 5.35. The van der Waals surface area contributed by atoms with Gasteiger partial charge in [-0.15, -0.1) is 11.3 Å². The average Bonchev–Trinajstić information content (AvgIpc) is 3.06. The maximum Gasteiger partial charge on any atom is 0.228 e. The number of aromatic nitrogens is 1. The number of methoxy groups -OCH3 is 1. The number of carbonyl (C=O) groups excluding carboxylic acids is 1. The molecule has 2 N–H and O–H groups in total. The normalized spacial score (nSPS) is 10.5. The predicted octanol–water partition coefficient (Wildman–Crippen LogP) is 4.47. The number of carbonyl (C=O) groups is 1. The van der Waals surface area contributed by atoms with Crippen LogP contribution in [-0.4, -0.2) is 23.1 Å². The highest BCUT2D eigenvalue weighted by Gasteiger charge is 2.13. The zero-order chi connectivity index (χ0) is 17.8. The van der Waals surface area contributed by atoms with Crippen LogP contribution in [0.15, 0.2) is 52.6 Å². The van der Waals surface area contributed by atoms with Crippen LogP contribution in [0.2, 0.25) is 0 Å². The molecule has 0 spiro atoms. The summed E-state index contributed by atoms with van der Waals surface area (Å²) in [6.45, 7) is 0. The quantitative estimate of drug-likeness (QED) is 0.640. The Balaban J connectivity index is 1.70. The van der Waals surface area contributed by atoms with Crippen molar-refractivity contribution in [2.24, 2.45) is 0 Å². The highest BCUT2D eigenvalue weighted by molar-refractivity contribution is 9.10. The van der Waals surface area contributed by atoms with Gasteiger partial charge < -0.3 is 15.2 Å². The van der Waals surface area contributed by atoms with Gasteiger partial charge in [0.2, 0.25) is 5.91 Å². The molecular formula is C18H15BrN2O3S. The number of phenolic OH excluding ortho intramolecular Hbond substituents is 1. The van der Waals surface area contributed by atoms with Crippen molar-refractivity contribution >= 4 is 38.9 Å². The van der Waals surface area contributed by atoms with E-state index in [1.807, 2.05) is 23.6 Å². The van der Waals surface area contributed by atoms with E-state index in [9.17, 15) is 9.90 Å². The molecule has 1 aromatic carbocycles. The van der Waals surface area contributed by atoms with Gasteiger partial charge in [-0.3, -0.25) is 9.78 Å². The molecule has 0 aliphatic heterocycles. The van der Waals surface area contributed by atoms with Crippen LogP contribution in [0.4, 0.5) is 5.69 Å². The van der Waals surface area contributed by atoms with Gasteiger partial charge in [0, 0.05) is 32.7 Å². The second-order valence-corrected chi connectivity index (χ2v) is 7.05. The molecule has 1 amide bonds. The first-order valence-corrected chi connectivity index (χ1v) is 9.08. The highest BCUT2D eigenvalue weighted by Crippen LogP contribution is 2.33. The second kappa shape index (κ2) is 7.67. The van der Waals surface area contributed by atoms with Crippen molar-refractivity contribution < 1.29 is 14.6 Å². The number of anilines is 1. The minimum Gasteiger partial charge on any atom is -0.504 e. The van der Waals surface area contributed by atoms with E-state index in [2.05, 4.69) is 26.2 Å². The molecule has 0 saturated heterocycles. The van der Waals surface area contributed by atoms with Crippen LogP contribution in [-0.2, 0) is 11.2 Å². The number of nitrogens with one attached hydrogen (secondary N) is 1. The molecule has 0 unspecified atom stereocenters. The first kappa shape index (κ1) is 17.4. The molecule has 0 aliphatic carbocycles. The van der Waals surface area contributed by atoms with Gasteiger partial charge in [-0.2, -0.15) is 0 Å². The molecule has 0 saturated carbocycles. The third kappa shape index (κ3) is 4.18. The lowest BCUT2D eigenvalue weighted by atomic mass is 10.1. The predicted molar refractivity (Wildman–Crippen MR) is 102 cm³/mol. The number of phenols is 1. The van der Waals surface area contributed by atoms with Gasteiger partial charge in [-0.25, -0.2) is 0 Å². The lowest BCUT2D eigenvalue weighted by Crippen LogP contribution is -2.14. The van der Waals surface area contributed by atoms with E-state index in [0.29, 0.717) is 10.2 Å². The molecular weight excluding hydrogens is 404 g/mol. The largest absolute Gasteiger partial charge is 0.504 e. The van der Waals surface area contributed by atoms with Crippen LogP contribution in [0.5, 0.6) is 11.5 Å². The Bertz CT molecular complexity index is 897. The monoisotopic (exact) mass is 418 g/mol. The zero-order valence-electron chi connectivity index (χ0n) is 13.3. The van der Waals surface area contributed by atoms with Gasteiger partial charge in [-0.1, -0.05) is 22.0 Å². The number of aromatic hydroxyl groups is 1. The van der Waals surface area contributed by atoms with Crippen LogP contribution in [0.3, 0.4) is 0 Å². The Morgan fingerprint density at radius 3 is 2.96 bits per heavy atom. The minimum atomic E-state index is -0.149. The summed E-state index contributed by atoms with van der Waals surface area (Å²) in [7, 11) is 1.47. The number of amides is 1. The number of pyridine rings is 1. The molecule has 2 heterocycles. The maximum atomic E-state index is 12.3. The molecule has 0 fully saturated rings. The van der Waals surface area contributed by atoms with Gasteiger partial charge in [0.15, 0.2) is 11.5 Å². The first-order chi connectivity index (χ1) is 12.1. The average molecular weight is 419 g/mol. The standard InChI is InChI=1S/C18H15BrN2O3S/c1-24-16-5-12(14(19)8-15(16)22)6-18(23)21-13-7-17(25-10-13)11-3-2-4-20-9-11/h2-5,7-10,22H,6H2,1H3,(H,21,23). The molecule has 128 valence electrons. The number of halogens is 1. The summed E-state index contributed by atoms with van der Waals surface area (Å²) in [5, 5.41) is 14.5. The van der Waals surface area contributed by atoms with E-state index in [-0.39, 0.29) is 18.1 Å².